The molecule has 0 aliphatic carbocycles. The molecule has 5 heteroatoms. The number of hydrogen-bond donors (Lipinski definition) is 1. The van der Waals surface area contributed by atoms with E-state index in [-0.39, 0.29) is 12.1 Å². The summed E-state index contributed by atoms with van der Waals surface area (Å²) >= 11 is 0. The molecule has 2 aromatic rings. The van der Waals surface area contributed by atoms with E-state index in [1.165, 1.54) is 12.1 Å². The SMILES string of the molecule is CC(Cc1ccc([N+](=O)[O-])cc1)(C(=O)O)c1ccccc1. The maximum atomic E-state index is 11.7. The van der Waals surface area contributed by atoms with Crippen LogP contribution in [-0.4, -0.2) is 16.0 Å². The van der Waals surface area contributed by atoms with Crippen LogP contribution in [0, 0.1) is 10.1 Å². The Bertz CT molecular complexity index is 652. The van der Waals surface area contributed by atoms with Gasteiger partial charge >= 0.3 is 5.97 Å². The van der Waals surface area contributed by atoms with Gasteiger partial charge in [-0.1, -0.05) is 42.5 Å². The van der Waals surface area contributed by atoms with Gasteiger partial charge in [-0.3, -0.25) is 14.9 Å². The molecular formula is C16H15NO4. The first-order valence-corrected chi connectivity index (χ1v) is 6.46. The summed E-state index contributed by atoms with van der Waals surface area (Å²) in [6, 6.07) is 15.0. The van der Waals surface area contributed by atoms with Crippen LogP contribution in [-0.2, 0) is 16.6 Å². The molecule has 1 atom stereocenters. The van der Waals surface area contributed by atoms with E-state index in [0.717, 1.165) is 5.56 Å². The minimum Gasteiger partial charge on any atom is -0.481 e. The summed E-state index contributed by atoms with van der Waals surface area (Å²) in [7, 11) is 0. The zero-order valence-corrected chi connectivity index (χ0v) is 11.5. The predicted molar refractivity (Wildman–Crippen MR) is 78.2 cm³/mol. The van der Waals surface area contributed by atoms with E-state index in [2.05, 4.69) is 0 Å². The number of nitrogens with zero attached hydrogens (tertiary/aromatic N) is 1. The lowest BCUT2D eigenvalue weighted by Gasteiger charge is -2.25. The number of rotatable bonds is 5. The molecule has 5 nitrogen and oxygen atoms in total. The number of hydrogen-bond acceptors (Lipinski definition) is 3. The molecule has 0 aliphatic heterocycles. The summed E-state index contributed by atoms with van der Waals surface area (Å²) in [6.07, 6.45) is 0.268. The van der Waals surface area contributed by atoms with Crippen molar-refractivity contribution in [1.82, 2.24) is 0 Å². The van der Waals surface area contributed by atoms with Crippen molar-refractivity contribution in [3.63, 3.8) is 0 Å². The third-order valence-corrected chi connectivity index (χ3v) is 3.59. The van der Waals surface area contributed by atoms with Crippen molar-refractivity contribution < 1.29 is 14.8 Å². The number of aliphatic carboxylic acids is 1. The van der Waals surface area contributed by atoms with Gasteiger partial charge in [-0.2, -0.15) is 0 Å². The second kappa shape index (κ2) is 5.75. The molecule has 21 heavy (non-hydrogen) atoms. The van der Waals surface area contributed by atoms with Crippen LogP contribution in [0.25, 0.3) is 0 Å². The minimum atomic E-state index is -1.07. The van der Waals surface area contributed by atoms with Gasteiger partial charge in [-0.25, -0.2) is 0 Å². The molecule has 0 saturated carbocycles. The van der Waals surface area contributed by atoms with Gasteiger partial charge in [0.15, 0.2) is 0 Å². The molecule has 0 heterocycles. The molecule has 0 saturated heterocycles. The van der Waals surface area contributed by atoms with Gasteiger partial charge in [0.25, 0.3) is 5.69 Å². The van der Waals surface area contributed by atoms with Gasteiger partial charge in [-0.15, -0.1) is 0 Å². The smallest absolute Gasteiger partial charge is 0.314 e. The van der Waals surface area contributed by atoms with Gasteiger partial charge in [0.1, 0.15) is 0 Å². The van der Waals surface area contributed by atoms with Crippen molar-refractivity contribution in [1.29, 1.82) is 0 Å². The lowest BCUT2D eigenvalue weighted by Crippen LogP contribution is -2.34. The number of carboxylic acid groups (broad SMARTS) is 1. The molecule has 2 rings (SSSR count). The molecule has 2 aromatic carbocycles. The van der Waals surface area contributed by atoms with Crippen molar-refractivity contribution in [2.24, 2.45) is 0 Å². The Labute approximate surface area is 122 Å². The quantitative estimate of drug-likeness (QED) is 0.675. The van der Waals surface area contributed by atoms with Crippen molar-refractivity contribution in [3.05, 3.63) is 75.8 Å². The zero-order valence-electron chi connectivity index (χ0n) is 11.5. The molecule has 108 valence electrons. The number of nitro groups is 1. The minimum absolute atomic E-state index is 0.00418. The average Bonchev–Trinajstić information content (AvgIpc) is 2.48. The fourth-order valence-electron chi connectivity index (χ4n) is 2.25. The predicted octanol–water partition coefficient (Wildman–Crippen LogP) is 3.18. The highest BCUT2D eigenvalue weighted by Gasteiger charge is 2.35. The zero-order chi connectivity index (χ0) is 15.5. The number of carbonyl (C=O) groups is 1. The Morgan fingerprint density at radius 1 is 1.14 bits per heavy atom. The number of non-ortho nitro benzene ring substituents is 1. The monoisotopic (exact) mass is 285 g/mol. The lowest BCUT2D eigenvalue weighted by atomic mass is 9.77. The largest absolute Gasteiger partial charge is 0.481 e. The molecule has 0 bridgehead atoms. The Kier molecular flexibility index (Phi) is 4.03. The van der Waals surface area contributed by atoms with Gasteiger partial charge in [0, 0.05) is 12.1 Å². The number of nitro benzene ring substituents is 1. The summed E-state index contributed by atoms with van der Waals surface area (Å²) in [5.41, 5.74) is 0.373. The van der Waals surface area contributed by atoms with E-state index in [1.54, 1.807) is 43.3 Å². The highest BCUT2D eigenvalue weighted by Crippen LogP contribution is 2.29. The molecule has 0 amide bonds. The summed E-state index contributed by atoms with van der Waals surface area (Å²) in [4.78, 5) is 21.9. The highest BCUT2D eigenvalue weighted by molar-refractivity contribution is 5.81. The topological polar surface area (TPSA) is 80.4 Å². The standard InChI is InChI=1S/C16H15NO4/c1-16(15(18)19,13-5-3-2-4-6-13)11-12-7-9-14(10-8-12)17(20)21/h2-10H,11H2,1H3,(H,18,19). The van der Waals surface area contributed by atoms with Crippen LogP contribution in [0.15, 0.2) is 54.6 Å². The van der Waals surface area contributed by atoms with Crippen LogP contribution >= 0.6 is 0 Å². The third-order valence-electron chi connectivity index (χ3n) is 3.59. The summed E-state index contributed by atoms with van der Waals surface area (Å²) < 4.78 is 0. The van der Waals surface area contributed by atoms with E-state index in [0.29, 0.717) is 5.56 Å². The van der Waals surface area contributed by atoms with Crippen molar-refractivity contribution in [2.45, 2.75) is 18.8 Å². The van der Waals surface area contributed by atoms with Crippen LogP contribution < -0.4 is 0 Å². The molecule has 0 spiro atoms. The summed E-state index contributed by atoms with van der Waals surface area (Å²) in [5, 5.41) is 20.2. The molecule has 0 fully saturated rings. The van der Waals surface area contributed by atoms with E-state index in [1.807, 2.05) is 6.07 Å². The van der Waals surface area contributed by atoms with Crippen LogP contribution in [0.1, 0.15) is 18.1 Å². The fourth-order valence-corrected chi connectivity index (χ4v) is 2.25. The first-order valence-electron chi connectivity index (χ1n) is 6.46. The van der Waals surface area contributed by atoms with Crippen LogP contribution in [0.3, 0.4) is 0 Å². The summed E-state index contributed by atoms with van der Waals surface area (Å²) in [5.74, 6) is -0.924. The molecule has 1 unspecified atom stereocenters. The van der Waals surface area contributed by atoms with Gasteiger partial charge in [0.2, 0.25) is 0 Å². The maximum Gasteiger partial charge on any atom is 0.314 e. The normalized spacial score (nSPS) is 13.4. The fraction of sp³-hybridized carbons (Fsp3) is 0.188. The van der Waals surface area contributed by atoms with E-state index in [9.17, 15) is 20.0 Å². The van der Waals surface area contributed by atoms with Gasteiger partial charge in [-0.05, 0) is 24.5 Å². The Hall–Kier alpha value is -2.69. The molecule has 1 N–H and O–H groups in total. The van der Waals surface area contributed by atoms with Crippen LogP contribution in [0.4, 0.5) is 5.69 Å². The number of benzene rings is 2. The first-order chi connectivity index (χ1) is 9.93. The summed E-state index contributed by atoms with van der Waals surface area (Å²) in [6.45, 7) is 1.66. The highest BCUT2D eigenvalue weighted by atomic mass is 16.6. The Morgan fingerprint density at radius 2 is 1.71 bits per heavy atom. The Morgan fingerprint density at radius 3 is 2.19 bits per heavy atom. The molecule has 0 aliphatic rings. The molecule has 0 aromatic heterocycles. The average molecular weight is 285 g/mol. The second-order valence-corrected chi connectivity index (χ2v) is 5.10. The number of carboxylic acids is 1. The lowest BCUT2D eigenvalue weighted by molar-refractivity contribution is -0.384. The van der Waals surface area contributed by atoms with Crippen molar-refractivity contribution in [3.8, 4) is 0 Å². The van der Waals surface area contributed by atoms with E-state index < -0.39 is 16.3 Å². The molecular weight excluding hydrogens is 270 g/mol. The second-order valence-electron chi connectivity index (χ2n) is 5.10. The first kappa shape index (κ1) is 14.7. The van der Waals surface area contributed by atoms with Gasteiger partial charge in [0.05, 0.1) is 10.3 Å². The Balaban J connectivity index is 2.33. The van der Waals surface area contributed by atoms with E-state index >= 15 is 0 Å². The van der Waals surface area contributed by atoms with Crippen LogP contribution in [0.5, 0.6) is 0 Å². The van der Waals surface area contributed by atoms with Crippen molar-refractivity contribution in [2.75, 3.05) is 0 Å². The van der Waals surface area contributed by atoms with E-state index in [4.69, 9.17) is 0 Å². The third kappa shape index (κ3) is 3.08. The van der Waals surface area contributed by atoms with Crippen molar-refractivity contribution >= 4 is 11.7 Å². The van der Waals surface area contributed by atoms with Gasteiger partial charge < -0.3 is 5.11 Å². The maximum absolute atomic E-state index is 11.7. The van der Waals surface area contributed by atoms with Crippen LogP contribution in [0.2, 0.25) is 0 Å². The molecule has 0 radical (unpaired) electrons.